The molecule has 1 aromatic carbocycles. The second-order valence-corrected chi connectivity index (χ2v) is 6.65. The van der Waals surface area contributed by atoms with E-state index in [0.29, 0.717) is 22.0 Å². The molecule has 0 bridgehead atoms. The summed E-state index contributed by atoms with van der Waals surface area (Å²) in [5.41, 5.74) is 0.557. The van der Waals surface area contributed by atoms with E-state index < -0.39 is 11.9 Å². The number of terminal acetylenes is 1. The van der Waals surface area contributed by atoms with Crippen molar-refractivity contribution in [1.82, 2.24) is 0 Å². The summed E-state index contributed by atoms with van der Waals surface area (Å²) in [7, 11) is 1.50. The van der Waals surface area contributed by atoms with Gasteiger partial charge in [-0.05, 0) is 30.7 Å². The lowest BCUT2D eigenvalue weighted by atomic mass is 10.1. The highest BCUT2D eigenvalue weighted by molar-refractivity contribution is 8.18. The molecule has 0 saturated heterocycles. The fourth-order valence-electron chi connectivity index (χ4n) is 2.35. The summed E-state index contributed by atoms with van der Waals surface area (Å²) in [5.74, 6) is 1.89. The molecule has 8 heteroatoms. The molecule has 1 N–H and O–H groups in total. The number of hydrogen-bond donors (Lipinski definition) is 1. The number of esters is 1. The van der Waals surface area contributed by atoms with Crippen LogP contribution in [0.1, 0.15) is 25.8 Å². The Morgan fingerprint density at radius 3 is 2.69 bits per heavy atom. The number of carbonyl (C=O) groups excluding carboxylic acids is 2. The van der Waals surface area contributed by atoms with E-state index in [1.165, 1.54) is 7.11 Å². The van der Waals surface area contributed by atoms with Crippen molar-refractivity contribution in [2.24, 2.45) is 4.99 Å². The Bertz CT molecular complexity index is 939. The molecule has 1 heterocycles. The summed E-state index contributed by atoms with van der Waals surface area (Å²) in [6.07, 6.45) is 7.03. The molecule has 0 fully saturated rings. The van der Waals surface area contributed by atoms with E-state index in [1.54, 1.807) is 38.1 Å². The van der Waals surface area contributed by atoms with Gasteiger partial charge in [0.25, 0.3) is 0 Å². The highest BCUT2D eigenvalue weighted by Crippen LogP contribution is 2.40. The zero-order valence-electron chi connectivity index (χ0n) is 16.4. The van der Waals surface area contributed by atoms with Gasteiger partial charge in [0.05, 0.1) is 18.6 Å². The Labute approximate surface area is 173 Å². The van der Waals surface area contributed by atoms with Crippen molar-refractivity contribution < 1.29 is 28.9 Å². The molecule has 0 saturated carbocycles. The molecule has 29 heavy (non-hydrogen) atoms. The topological polar surface area (TPSA) is 94.4 Å². The number of aliphatic hydroxyl groups is 1. The first-order valence-corrected chi connectivity index (χ1v) is 9.63. The van der Waals surface area contributed by atoms with Crippen LogP contribution in [0.4, 0.5) is 0 Å². The Balaban J connectivity index is 2.44. The average Bonchev–Trinajstić information content (AvgIpc) is 3.01. The van der Waals surface area contributed by atoms with E-state index >= 15 is 0 Å². The number of rotatable bonds is 7. The minimum absolute atomic E-state index is 0.102. The number of ether oxygens (including phenoxy) is 3. The number of aliphatic hydroxyl groups excluding tert-OH is 1. The third kappa shape index (κ3) is 5.42. The van der Waals surface area contributed by atoms with Gasteiger partial charge in [-0.2, -0.15) is 0 Å². The smallest absolute Gasteiger partial charge is 0.344 e. The molecule has 1 aliphatic rings. The number of aliphatic imine (C=N–C) groups is 1. The molecule has 0 aromatic heterocycles. The molecule has 0 radical (unpaired) electrons. The van der Waals surface area contributed by atoms with Crippen molar-refractivity contribution in [2.45, 2.75) is 20.3 Å². The molecular weight excluding hydrogens is 394 g/mol. The molecule has 2 rings (SSSR count). The first-order chi connectivity index (χ1) is 13.9. The van der Waals surface area contributed by atoms with E-state index in [9.17, 15) is 14.7 Å². The van der Waals surface area contributed by atoms with Gasteiger partial charge in [-0.3, -0.25) is 4.79 Å². The van der Waals surface area contributed by atoms with E-state index in [1.807, 2.05) is 0 Å². The van der Waals surface area contributed by atoms with Crippen molar-refractivity contribution in [3.8, 4) is 23.8 Å². The predicted molar refractivity (Wildman–Crippen MR) is 112 cm³/mol. The third-order valence-electron chi connectivity index (χ3n) is 3.70. The molecule has 1 aliphatic heterocycles. The molecule has 7 nitrogen and oxygen atoms in total. The fraction of sp³-hybridized carbons (Fsp3) is 0.286. The molecule has 0 aliphatic carbocycles. The number of nitrogens with zero attached hydrogens (tertiary/aromatic N) is 1. The van der Waals surface area contributed by atoms with Crippen LogP contribution < -0.4 is 9.47 Å². The monoisotopic (exact) mass is 415 g/mol. The van der Waals surface area contributed by atoms with Crippen molar-refractivity contribution in [1.29, 1.82) is 0 Å². The normalized spacial score (nSPS) is 16.1. The van der Waals surface area contributed by atoms with Gasteiger partial charge < -0.3 is 19.3 Å². The SMILES string of the molecule is C#CCOc1ccc(/C=C2\SC(=NC(=O)CC)C(C(=O)OCC)=C2O)cc1OC. The quantitative estimate of drug-likeness (QED) is 0.538. The van der Waals surface area contributed by atoms with Crippen molar-refractivity contribution in [2.75, 3.05) is 20.3 Å². The van der Waals surface area contributed by atoms with Gasteiger partial charge in [0.1, 0.15) is 23.0 Å². The Morgan fingerprint density at radius 1 is 1.31 bits per heavy atom. The van der Waals surface area contributed by atoms with Crippen LogP contribution in [0.2, 0.25) is 0 Å². The van der Waals surface area contributed by atoms with Crippen LogP contribution in [0, 0.1) is 12.3 Å². The summed E-state index contributed by atoms with van der Waals surface area (Å²) in [5, 5.41) is 10.7. The molecular formula is C21H21NO6S. The maximum atomic E-state index is 12.3. The van der Waals surface area contributed by atoms with Crippen molar-refractivity contribution in [3.63, 3.8) is 0 Å². The van der Waals surface area contributed by atoms with Crippen LogP contribution in [-0.4, -0.2) is 42.4 Å². The summed E-state index contributed by atoms with van der Waals surface area (Å²) in [6, 6.07) is 5.12. The maximum absolute atomic E-state index is 12.3. The zero-order valence-corrected chi connectivity index (χ0v) is 17.2. The molecule has 152 valence electrons. The van der Waals surface area contributed by atoms with Gasteiger partial charge in [-0.25, -0.2) is 9.79 Å². The van der Waals surface area contributed by atoms with Crippen LogP contribution in [0.5, 0.6) is 11.5 Å². The summed E-state index contributed by atoms with van der Waals surface area (Å²) in [4.78, 5) is 28.3. The van der Waals surface area contributed by atoms with E-state index in [-0.39, 0.29) is 36.0 Å². The zero-order chi connectivity index (χ0) is 21.4. The largest absolute Gasteiger partial charge is 0.506 e. The predicted octanol–water partition coefficient (Wildman–Crippen LogP) is 3.51. The van der Waals surface area contributed by atoms with Gasteiger partial charge >= 0.3 is 5.97 Å². The minimum Gasteiger partial charge on any atom is -0.506 e. The number of methoxy groups -OCH3 is 1. The van der Waals surface area contributed by atoms with Crippen LogP contribution in [0.15, 0.2) is 39.4 Å². The number of amides is 1. The second kappa shape index (κ2) is 10.4. The summed E-state index contributed by atoms with van der Waals surface area (Å²) >= 11 is 1.02. The molecule has 1 aromatic rings. The lowest BCUT2D eigenvalue weighted by molar-refractivity contribution is -0.138. The highest BCUT2D eigenvalue weighted by Gasteiger charge is 2.33. The van der Waals surface area contributed by atoms with E-state index in [4.69, 9.17) is 20.6 Å². The Kier molecular flexibility index (Phi) is 7.92. The maximum Gasteiger partial charge on any atom is 0.344 e. The second-order valence-electron chi connectivity index (χ2n) is 5.62. The number of carbonyl (C=O) groups is 2. The fourth-order valence-corrected chi connectivity index (χ4v) is 3.38. The van der Waals surface area contributed by atoms with Gasteiger partial charge in [-0.15, -0.1) is 6.42 Å². The summed E-state index contributed by atoms with van der Waals surface area (Å²) in [6.45, 7) is 3.54. The summed E-state index contributed by atoms with van der Waals surface area (Å²) < 4.78 is 15.7. The first-order valence-electron chi connectivity index (χ1n) is 8.81. The van der Waals surface area contributed by atoms with Crippen LogP contribution in [-0.2, 0) is 14.3 Å². The standard InChI is InChI=1S/C21H21NO6S/c1-5-10-28-14-9-8-13(11-15(14)26-4)12-16-19(24)18(21(25)27-7-3)20(29-16)22-17(23)6-2/h1,8-9,11-12,24H,6-7,10H2,2-4H3/b16-12-,22-20?. The molecule has 0 atom stereocenters. The van der Waals surface area contributed by atoms with Crippen LogP contribution in [0.25, 0.3) is 6.08 Å². The number of benzene rings is 1. The molecule has 0 spiro atoms. The van der Waals surface area contributed by atoms with E-state index in [2.05, 4.69) is 10.9 Å². The highest BCUT2D eigenvalue weighted by atomic mass is 32.2. The molecule has 1 amide bonds. The van der Waals surface area contributed by atoms with Crippen molar-refractivity contribution >= 4 is 34.8 Å². The number of hydrogen-bond acceptors (Lipinski definition) is 7. The average molecular weight is 415 g/mol. The third-order valence-corrected chi connectivity index (χ3v) is 4.72. The van der Waals surface area contributed by atoms with Gasteiger partial charge in [0.2, 0.25) is 5.91 Å². The first kappa shape index (κ1) is 22.1. The lowest BCUT2D eigenvalue weighted by Crippen LogP contribution is -2.14. The van der Waals surface area contributed by atoms with Gasteiger partial charge in [0, 0.05) is 6.42 Å². The van der Waals surface area contributed by atoms with Gasteiger partial charge in [0.15, 0.2) is 11.5 Å². The van der Waals surface area contributed by atoms with Gasteiger partial charge in [-0.1, -0.05) is 30.7 Å². The van der Waals surface area contributed by atoms with Crippen LogP contribution in [0.3, 0.4) is 0 Å². The lowest BCUT2D eigenvalue weighted by Gasteiger charge is -2.09. The van der Waals surface area contributed by atoms with E-state index in [0.717, 1.165) is 11.8 Å². The molecule has 0 unspecified atom stereocenters. The van der Waals surface area contributed by atoms with Crippen molar-refractivity contribution in [3.05, 3.63) is 40.0 Å². The number of thioether (sulfide) groups is 1. The van der Waals surface area contributed by atoms with Crippen LogP contribution >= 0.6 is 11.8 Å². The minimum atomic E-state index is -0.737. The Morgan fingerprint density at radius 2 is 2.07 bits per heavy atom. The Hall–Kier alpha value is -3.18.